The Balaban J connectivity index is 0.00000432. The minimum Gasteiger partial charge on any atom is -0.365 e. The van der Waals surface area contributed by atoms with Crippen molar-refractivity contribution in [3.05, 3.63) is 45.8 Å². The number of carbonyl (C=O) groups is 2. The number of rotatable bonds is 9. The van der Waals surface area contributed by atoms with Crippen LogP contribution in [0.15, 0.2) is 29.2 Å². The molecule has 8 nitrogen and oxygen atoms in total. The first-order valence-electron chi connectivity index (χ1n) is 11.4. The van der Waals surface area contributed by atoms with Crippen LogP contribution in [0.4, 0.5) is 5.00 Å². The van der Waals surface area contributed by atoms with Gasteiger partial charge in [0.2, 0.25) is 10.0 Å². The lowest BCUT2D eigenvalue weighted by molar-refractivity contribution is 0.1000. The molecule has 2 amide bonds. The summed E-state index contributed by atoms with van der Waals surface area (Å²) in [6.07, 6.45) is 0.701. The molecule has 3 rings (SSSR count). The Kier molecular flexibility index (Phi) is 9.89. The first kappa shape index (κ1) is 29.3. The molecule has 0 spiro atoms. The lowest BCUT2D eigenvalue weighted by atomic mass is 10.0. The third-order valence-electron chi connectivity index (χ3n) is 5.61. The second-order valence-electron chi connectivity index (χ2n) is 9.65. The van der Waals surface area contributed by atoms with Crippen LogP contribution in [0, 0.1) is 11.8 Å². The number of hydrogen-bond donors (Lipinski definition) is 2. The average Bonchev–Trinajstić information content (AvgIpc) is 3.09. The van der Waals surface area contributed by atoms with Gasteiger partial charge in [-0.2, -0.15) is 4.31 Å². The Labute approximate surface area is 218 Å². The summed E-state index contributed by atoms with van der Waals surface area (Å²) in [7, 11) is -1.68. The fourth-order valence-corrected chi connectivity index (χ4v) is 7.16. The number of thiophene rings is 1. The molecular formula is C24H35ClN4O4S2. The van der Waals surface area contributed by atoms with Crippen LogP contribution in [0.1, 0.15) is 58.9 Å². The molecule has 2 aromatic rings. The second kappa shape index (κ2) is 11.8. The fraction of sp³-hybridized carbons (Fsp3) is 0.500. The molecule has 11 heteroatoms. The SMILES string of the molecule is CC(C)CN(CC(C)C)S(=O)(=O)c1ccc(C(=O)Nc2sc3c(c2C(N)=O)CCN(C)C3)cc1.Cl. The largest absolute Gasteiger partial charge is 0.365 e. The summed E-state index contributed by atoms with van der Waals surface area (Å²) in [6, 6.07) is 5.91. The van der Waals surface area contributed by atoms with Gasteiger partial charge in [0.25, 0.3) is 11.8 Å². The van der Waals surface area contributed by atoms with E-state index in [1.54, 1.807) is 0 Å². The Hall–Kier alpha value is -1.98. The second-order valence-corrected chi connectivity index (χ2v) is 12.7. The molecular weight excluding hydrogens is 508 g/mol. The highest BCUT2D eigenvalue weighted by Gasteiger charge is 2.28. The number of hydrogen-bond acceptors (Lipinski definition) is 6. The van der Waals surface area contributed by atoms with Crippen molar-refractivity contribution in [1.29, 1.82) is 0 Å². The Morgan fingerprint density at radius 3 is 2.20 bits per heavy atom. The molecule has 0 saturated heterocycles. The number of amides is 2. The standard InChI is InChI=1S/C24H34N4O4S2.ClH/c1-15(2)12-28(13-16(3)4)34(31,32)18-8-6-17(7-9-18)23(30)26-24-21(22(25)29)19-10-11-27(5)14-20(19)33-24;/h6-9,15-16H,10-14H2,1-5H3,(H2,25,29)(H,26,30);1H. The number of halogens is 1. The molecule has 194 valence electrons. The summed E-state index contributed by atoms with van der Waals surface area (Å²) in [6.45, 7) is 10.3. The molecule has 0 fully saturated rings. The molecule has 2 heterocycles. The fourth-order valence-electron chi connectivity index (χ4n) is 4.07. The van der Waals surface area contributed by atoms with Gasteiger partial charge in [-0.1, -0.05) is 27.7 Å². The summed E-state index contributed by atoms with van der Waals surface area (Å²) < 4.78 is 27.9. The first-order valence-corrected chi connectivity index (χ1v) is 13.7. The third-order valence-corrected chi connectivity index (χ3v) is 8.59. The maximum absolute atomic E-state index is 13.2. The molecule has 1 aromatic carbocycles. The van der Waals surface area contributed by atoms with E-state index in [1.807, 2.05) is 34.7 Å². The molecule has 0 radical (unpaired) electrons. The van der Waals surface area contributed by atoms with Crippen molar-refractivity contribution in [3.8, 4) is 0 Å². The average molecular weight is 543 g/mol. The molecule has 0 bridgehead atoms. The van der Waals surface area contributed by atoms with Crippen LogP contribution in [-0.2, 0) is 23.0 Å². The van der Waals surface area contributed by atoms with Crippen molar-refractivity contribution in [1.82, 2.24) is 9.21 Å². The van der Waals surface area contributed by atoms with Gasteiger partial charge < -0.3 is 16.0 Å². The lowest BCUT2D eigenvalue weighted by Crippen LogP contribution is -2.37. The Bertz CT molecular complexity index is 1150. The van der Waals surface area contributed by atoms with E-state index >= 15 is 0 Å². The van der Waals surface area contributed by atoms with Gasteiger partial charge in [-0.15, -0.1) is 23.7 Å². The Morgan fingerprint density at radius 2 is 1.69 bits per heavy atom. The summed E-state index contributed by atoms with van der Waals surface area (Å²) in [5.74, 6) is -0.599. The van der Waals surface area contributed by atoms with E-state index in [1.165, 1.54) is 39.9 Å². The zero-order chi connectivity index (χ0) is 25.2. The monoisotopic (exact) mass is 542 g/mol. The minimum absolute atomic E-state index is 0. The minimum atomic E-state index is -3.68. The van der Waals surface area contributed by atoms with E-state index in [-0.39, 0.29) is 29.1 Å². The van der Waals surface area contributed by atoms with Crippen LogP contribution >= 0.6 is 23.7 Å². The van der Waals surface area contributed by atoms with E-state index in [0.29, 0.717) is 42.2 Å². The first-order chi connectivity index (χ1) is 15.9. The van der Waals surface area contributed by atoms with Crippen molar-refractivity contribution in [2.75, 3.05) is 32.0 Å². The molecule has 3 N–H and O–H groups in total. The highest BCUT2D eigenvalue weighted by molar-refractivity contribution is 7.89. The number of fused-ring (bicyclic) bond motifs is 1. The van der Waals surface area contributed by atoms with Gasteiger partial charge in [-0.25, -0.2) is 8.42 Å². The van der Waals surface area contributed by atoms with Crippen molar-refractivity contribution in [2.24, 2.45) is 17.6 Å². The van der Waals surface area contributed by atoms with Crippen molar-refractivity contribution in [2.45, 2.75) is 45.6 Å². The maximum Gasteiger partial charge on any atom is 0.256 e. The number of nitrogens with two attached hydrogens (primary N) is 1. The Morgan fingerprint density at radius 1 is 1.11 bits per heavy atom. The zero-order valence-electron chi connectivity index (χ0n) is 20.8. The van der Waals surface area contributed by atoms with Gasteiger partial charge >= 0.3 is 0 Å². The molecule has 1 aromatic heterocycles. The normalized spacial score (nSPS) is 14.2. The van der Waals surface area contributed by atoms with E-state index in [2.05, 4.69) is 10.2 Å². The van der Waals surface area contributed by atoms with Crippen LogP contribution in [0.25, 0.3) is 0 Å². The van der Waals surface area contributed by atoms with Crippen LogP contribution in [0.3, 0.4) is 0 Å². The van der Waals surface area contributed by atoms with Crippen LogP contribution < -0.4 is 11.1 Å². The quantitative estimate of drug-likeness (QED) is 0.500. The number of nitrogens with zero attached hydrogens (tertiary/aromatic N) is 2. The lowest BCUT2D eigenvalue weighted by Gasteiger charge is -2.25. The number of primary amides is 1. The van der Waals surface area contributed by atoms with Gasteiger partial charge in [0.15, 0.2) is 0 Å². The van der Waals surface area contributed by atoms with Crippen LogP contribution in [0.5, 0.6) is 0 Å². The summed E-state index contributed by atoms with van der Waals surface area (Å²) >= 11 is 1.36. The van der Waals surface area contributed by atoms with Gasteiger partial charge in [0.1, 0.15) is 5.00 Å². The summed E-state index contributed by atoms with van der Waals surface area (Å²) in [5.41, 5.74) is 7.21. The third kappa shape index (κ3) is 6.83. The summed E-state index contributed by atoms with van der Waals surface area (Å²) in [4.78, 5) is 28.4. The van der Waals surface area contributed by atoms with Crippen molar-refractivity contribution < 1.29 is 18.0 Å². The summed E-state index contributed by atoms with van der Waals surface area (Å²) in [5, 5.41) is 3.25. The molecule has 1 aliphatic heterocycles. The predicted molar refractivity (Wildman–Crippen MR) is 143 cm³/mol. The molecule has 1 aliphatic rings. The van der Waals surface area contributed by atoms with Crippen LogP contribution in [0.2, 0.25) is 0 Å². The number of anilines is 1. The molecule has 0 aliphatic carbocycles. The predicted octanol–water partition coefficient (Wildman–Crippen LogP) is 3.81. The van der Waals surface area contributed by atoms with Gasteiger partial charge in [-0.05, 0) is 55.1 Å². The number of sulfonamides is 1. The number of likely N-dealkylation sites (N-methyl/N-ethyl adjacent to an activating group) is 1. The molecule has 0 atom stereocenters. The number of nitrogens with one attached hydrogen (secondary N) is 1. The van der Waals surface area contributed by atoms with E-state index in [0.717, 1.165) is 17.0 Å². The number of benzene rings is 1. The zero-order valence-corrected chi connectivity index (χ0v) is 23.3. The smallest absolute Gasteiger partial charge is 0.256 e. The van der Waals surface area contributed by atoms with E-state index in [4.69, 9.17) is 5.73 Å². The van der Waals surface area contributed by atoms with E-state index < -0.39 is 21.8 Å². The molecule has 0 unspecified atom stereocenters. The van der Waals surface area contributed by atoms with Crippen LogP contribution in [-0.4, -0.2) is 56.1 Å². The van der Waals surface area contributed by atoms with Gasteiger partial charge in [0.05, 0.1) is 10.5 Å². The highest BCUT2D eigenvalue weighted by Crippen LogP contribution is 2.37. The van der Waals surface area contributed by atoms with Crippen molar-refractivity contribution >= 4 is 50.6 Å². The molecule has 35 heavy (non-hydrogen) atoms. The van der Waals surface area contributed by atoms with Gasteiger partial charge in [-0.3, -0.25) is 9.59 Å². The topological polar surface area (TPSA) is 113 Å². The maximum atomic E-state index is 13.2. The van der Waals surface area contributed by atoms with Crippen molar-refractivity contribution in [3.63, 3.8) is 0 Å². The molecule has 0 saturated carbocycles. The van der Waals surface area contributed by atoms with E-state index in [9.17, 15) is 18.0 Å². The highest BCUT2D eigenvalue weighted by atomic mass is 35.5. The number of carbonyl (C=O) groups excluding carboxylic acids is 2. The van der Waals surface area contributed by atoms with Gasteiger partial charge in [0, 0.05) is 36.6 Å².